The van der Waals surface area contributed by atoms with Crippen LogP contribution in [0, 0.1) is 5.92 Å². The highest BCUT2D eigenvalue weighted by molar-refractivity contribution is 6.04. The predicted molar refractivity (Wildman–Crippen MR) is 65.7 cm³/mol. The number of ketones is 1. The van der Waals surface area contributed by atoms with E-state index in [1.807, 2.05) is 37.3 Å². The second kappa shape index (κ2) is 5.47. The largest absolute Gasteiger partial charge is 0.335 e. The van der Waals surface area contributed by atoms with Crippen molar-refractivity contribution in [1.29, 1.82) is 0 Å². The highest BCUT2D eigenvalue weighted by Gasteiger charge is 2.41. The number of hydrogen-bond donors (Lipinski definition) is 0. The van der Waals surface area contributed by atoms with E-state index in [0.29, 0.717) is 6.54 Å². The molecule has 1 aliphatic rings. The Balaban J connectivity index is 2.12. The molecule has 2 atom stereocenters. The van der Waals surface area contributed by atoms with E-state index in [-0.39, 0.29) is 12.5 Å². The number of rotatable bonds is 4. The first-order valence-electron chi connectivity index (χ1n) is 6.19. The van der Waals surface area contributed by atoms with Gasteiger partial charge in [-0.25, -0.2) is 8.78 Å². The van der Waals surface area contributed by atoms with Crippen molar-refractivity contribution in [3.8, 4) is 0 Å². The molecule has 0 spiro atoms. The van der Waals surface area contributed by atoms with Crippen LogP contribution in [0.25, 0.3) is 0 Å². The second-order valence-electron chi connectivity index (χ2n) is 4.66. The average molecular weight is 267 g/mol. The standard InChI is InChI=1S/C14H15F2NO2/c1-9(10-5-3-2-4-6-10)17-8-7-11(14(17)19)12(18)13(15)16/h2-6,9,11,13H,7-8H2,1H3. The van der Waals surface area contributed by atoms with Gasteiger partial charge in [0.2, 0.25) is 11.7 Å². The summed E-state index contributed by atoms with van der Waals surface area (Å²) in [5.41, 5.74) is 0.931. The van der Waals surface area contributed by atoms with E-state index >= 15 is 0 Å². The minimum atomic E-state index is -3.07. The van der Waals surface area contributed by atoms with Crippen LogP contribution >= 0.6 is 0 Å². The van der Waals surface area contributed by atoms with Gasteiger partial charge in [-0.05, 0) is 18.9 Å². The van der Waals surface area contributed by atoms with Crippen LogP contribution in [0.1, 0.15) is 24.9 Å². The molecule has 5 heteroatoms. The van der Waals surface area contributed by atoms with E-state index in [1.54, 1.807) is 0 Å². The molecule has 0 aliphatic carbocycles. The molecule has 1 amide bonds. The average Bonchev–Trinajstić information content (AvgIpc) is 2.79. The molecule has 0 bridgehead atoms. The number of carbonyl (C=O) groups is 2. The molecular weight excluding hydrogens is 252 g/mol. The third kappa shape index (κ3) is 2.64. The molecule has 19 heavy (non-hydrogen) atoms. The van der Waals surface area contributed by atoms with Gasteiger partial charge in [-0.2, -0.15) is 0 Å². The molecule has 0 aromatic heterocycles. The molecule has 2 rings (SSSR count). The maximum Gasteiger partial charge on any atom is 0.296 e. The van der Waals surface area contributed by atoms with Crippen LogP contribution in [0.3, 0.4) is 0 Å². The Morgan fingerprint density at radius 3 is 2.53 bits per heavy atom. The normalized spacial score (nSPS) is 20.9. The highest BCUT2D eigenvalue weighted by atomic mass is 19.3. The fourth-order valence-corrected chi connectivity index (χ4v) is 2.41. The van der Waals surface area contributed by atoms with E-state index in [2.05, 4.69) is 0 Å². The van der Waals surface area contributed by atoms with Crippen molar-refractivity contribution in [2.24, 2.45) is 5.92 Å². The number of Topliss-reactive ketones (excluding diaryl/α,β-unsaturated/α-hetero) is 1. The molecule has 3 nitrogen and oxygen atoms in total. The Bertz CT molecular complexity index is 476. The van der Waals surface area contributed by atoms with E-state index < -0.39 is 24.0 Å². The predicted octanol–water partition coefficient (Wildman–Crippen LogP) is 2.43. The third-order valence-corrected chi connectivity index (χ3v) is 3.55. The van der Waals surface area contributed by atoms with Crippen LogP contribution in [0.2, 0.25) is 0 Å². The van der Waals surface area contributed by atoms with Gasteiger partial charge >= 0.3 is 0 Å². The molecule has 0 N–H and O–H groups in total. The maximum absolute atomic E-state index is 12.4. The topological polar surface area (TPSA) is 37.4 Å². The summed E-state index contributed by atoms with van der Waals surface area (Å²) >= 11 is 0. The number of halogens is 2. The van der Waals surface area contributed by atoms with Crippen molar-refractivity contribution in [3.63, 3.8) is 0 Å². The SMILES string of the molecule is CC(c1ccccc1)N1CCC(C(=O)C(F)F)C1=O. The van der Waals surface area contributed by atoms with E-state index in [0.717, 1.165) is 5.56 Å². The summed E-state index contributed by atoms with van der Waals surface area (Å²) < 4.78 is 24.8. The lowest BCUT2D eigenvalue weighted by Gasteiger charge is -2.25. The summed E-state index contributed by atoms with van der Waals surface area (Å²) in [6.45, 7) is 2.18. The number of carbonyl (C=O) groups excluding carboxylic acids is 2. The number of likely N-dealkylation sites (tertiary alicyclic amines) is 1. The van der Waals surface area contributed by atoms with Crippen molar-refractivity contribution in [2.75, 3.05) is 6.54 Å². The van der Waals surface area contributed by atoms with Crippen molar-refractivity contribution in [1.82, 2.24) is 4.90 Å². The van der Waals surface area contributed by atoms with Crippen molar-refractivity contribution >= 4 is 11.7 Å². The number of nitrogens with zero attached hydrogens (tertiary/aromatic N) is 1. The molecule has 1 aromatic carbocycles. The Hall–Kier alpha value is -1.78. The Morgan fingerprint density at radius 1 is 1.32 bits per heavy atom. The molecule has 102 valence electrons. The van der Waals surface area contributed by atoms with Crippen LogP contribution < -0.4 is 0 Å². The highest BCUT2D eigenvalue weighted by Crippen LogP contribution is 2.29. The minimum absolute atomic E-state index is 0.180. The molecular formula is C14H15F2NO2. The van der Waals surface area contributed by atoms with Gasteiger partial charge in [0, 0.05) is 6.54 Å². The zero-order valence-corrected chi connectivity index (χ0v) is 10.6. The number of amides is 1. The van der Waals surface area contributed by atoms with Gasteiger partial charge in [-0.15, -0.1) is 0 Å². The van der Waals surface area contributed by atoms with Crippen molar-refractivity contribution < 1.29 is 18.4 Å². The van der Waals surface area contributed by atoms with Gasteiger partial charge in [0.05, 0.1) is 6.04 Å². The van der Waals surface area contributed by atoms with Crippen LogP contribution in [0.4, 0.5) is 8.78 Å². The zero-order chi connectivity index (χ0) is 14.0. The molecule has 1 saturated heterocycles. The van der Waals surface area contributed by atoms with Gasteiger partial charge in [-0.3, -0.25) is 9.59 Å². The van der Waals surface area contributed by atoms with Crippen molar-refractivity contribution in [2.45, 2.75) is 25.8 Å². The third-order valence-electron chi connectivity index (χ3n) is 3.55. The lowest BCUT2D eigenvalue weighted by molar-refractivity contribution is -0.143. The molecule has 1 fully saturated rings. The molecule has 2 unspecified atom stereocenters. The fourth-order valence-electron chi connectivity index (χ4n) is 2.41. The van der Waals surface area contributed by atoms with Gasteiger partial charge in [-0.1, -0.05) is 30.3 Å². The first-order chi connectivity index (χ1) is 9.02. The fraction of sp³-hybridized carbons (Fsp3) is 0.429. The second-order valence-corrected chi connectivity index (χ2v) is 4.66. The van der Waals surface area contributed by atoms with Crippen LogP contribution in [0.15, 0.2) is 30.3 Å². The van der Waals surface area contributed by atoms with Crippen molar-refractivity contribution in [3.05, 3.63) is 35.9 Å². The van der Waals surface area contributed by atoms with E-state index in [4.69, 9.17) is 0 Å². The molecule has 1 heterocycles. The van der Waals surface area contributed by atoms with Gasteiger partial charge < -0.3 is 4.90 Å². The number of alkyl halides is 2. The molecule has 1 aliphatic heterocycles. The Morgan fingerprint density at radius 2 is 1.95 bits per heavy atom. The molecule has 0 radical (unpaired) electrons. The molecule has 1 aromatic rings. The summed E-state index contributed by atoms with van der Waals surface area (Å²) in [4.78, 5) is 24.8. The van der Waals surface area contributed by atoms with Crippen LogP contribution in [-0.4, -0.2) is 29.6 Å². The number of benzene rings is 1. The lowest BCUT2D eigenvalue weighted by atomic mass is 10.0. The lowest BCUT2D eigenvalue weighted by Crippen LogP contribution is -2.34. The Labute approximate surface area is 110 Å². The molecule has 0 saturated carbocycles. The van der Waals surface area contributed by atoms with Crippen LogP contribution in [-0.2, 0) is 9.59 Å². The number of hydrogen-bond acceptors (Lipinski definition) is 2. The minimum Gasteiger partial charge on any atom is -0.335 e. The first-order valence-corrected chi connectivity index (χ1v) is 6.19. The summed E-state index contributed by atoms with van der Waals surface area (Å²) in [5, 5.41) is 0. The van der Waals surface area contributed by atoms with E-state index in [9.17, 15) is 18.4 Å². The Kier molecular flexibility index (Phi) is 3.93. The smallest absolute Gasteiger partial charge is 0.296 e. The maximum atomic E-state index is 12.4. The quantitative estimate of drug-likeness (QED) is 0.786. The van der Waals surface area contributed by atoms with E-state index in [1.165, 1.54) is 4.90 Å². The van der Waals surface area contributed by atoms with Gasteiger partial charge in [0.25, 0.3) is 6.43 Å². The summed E-state index contributed by atoms with van der Waals surface area (Å²) in [6.07, 6.45) is -2.89. The van der Waals surface area contributed by atoms with Crippen LogP contribution in [0.5, 0.6) is 0 Å². The summed E-state index contributed by atoms with van der Waals surface area (Å²) in [7, 11) is 0. The monoisotopic (exact) mass is 267 g/mol. The first kappa shape index (κ1) is 13.6. The summed E-state index contributed by atoms with van der Waals surface area (Å²) in [6, 6.07) is 9.12. The van der Waals surface area contributed by atoms with Gasteiger partial charge in [0.15, 0.2) is 0 Å². The summed E-state index contributed by atoms with van der Waals surface area (Å²) in [5.74, 6) is -2.92. The zero-order valence-electron chi connectivity index (χ0n) is 10.6. The van der Waals surface area contributed by atoms with Gasteiger partial charge in [0.1, 0.15) is 5.92 Å².